The number of rotatable bonds is 7. The Morgan fingerprint density at radius 3 is 1.15 bits per heavy atom. The molecular formula is C100H99BN4. The van der Waals surface area contributed by atoms with E-state index in [9.17, 15) is 0 Å². The second-order valence-electron chi connectivity index (χ2n) is 37.2. The van der Waals surface area contributed by atoms with Gasteiger partial charge in [-0.25, -0.2) is 0 Å². The molecule has 4 aliphatic rings. The van der Waals surface area contributed by atoms with Crippen molar-refractivity contribution in [2.45, 2.75) is 181 Å². The first-order valence-electron chi connectivity index (χ1n) is 38.7. The third-order valence-electron chi connectivity index (χ3n) is 25.3. The van der Waals surface area contributed by atoms with Crippen molar-refractivity contribution in [3.63, 3.8) is 0 Å². The molecule has 105 heavy (non-hydrogen) atoms. The van der Waals surface area contributed by atoms with Crippen LogP contribution in [0.15, 0.2) is 243 Å². The van der Waals surface area contributed by atoms with Gasteiger partial charge >= 0.3 is 0 Å². The highest BCUT2D eigenvalue weighted by Gasteiger charge is 2.46. The van der Waals surface area contributed by atoms with Crippen LogP contribution in [0.1, 0.15) is 182 Å². The number of aromatic nitrogens is 2. The monoisotopic (exact) mass is 1370 g/mol. The molecule has 12 aromatic carbocycles. The second kappa shape index (κ2) is 23.2. The molecule has 4 nitrogen and oxygen atoms in total. The minimum absolute atomic E-state index is 0.0303. The van der Waals surface area contributed by atoms with Gasteiger partial charge < -0.3 is 18.9 Å². The van der Waals surface area contributed by atoms with E-state index in [2.05, 4.69) is 379 Å². The van der Waals surface area contributed by atoms with Crippen molar-refractivity contribution in [3.05, 3.63) is 282 Å². The Kier molecular flexibility index (Phi) is 14.8. The Morgan fingerprint density at radius 2 is 0.657 bits per heavy atom. The number of para-hydroxylation sites is 2. The normalized spacial score (nSPS) is 16.3. The topological polar surface area (TPSA) is 16.3 Å². The summed E-state index contributed by atoms with van der Waals surface area (Å²) in [4.78, 5) is 5.28. The fraction of sp³-hybridized carbons (Fsp3) is 0.280. The lowest BCUT2D eigenvalue weighted by atomic mass is 9.33. The third-order valence-corrected chi connectivity index (χ3v) is 25.3. The van der Waals surface area contributed by atoms with E-state index in [1.54, 1.807) is 0 Å². The van der Waals surface area contributed by atoms with E-state index in [0.717, 1.165) is 34.1 Å². The average molecular weight is 1370 g/mol. The first kappa shape index (κ1) is 66.8. The Morgan fingerprint density at radius 1 is 0.267 bits per heavy atom. The quantitative estimate of drug-likeness (QED) is 0.148. The highest BCUT2D eigenvalue weighted by molar-refractivity contribution is 7.00. The molecule has 0 amide bonds. The molecular weight excluding hydrogens is 1270 g/mol. The summed E-state index contributed by atoms with van der Waals surface area (Å²) in [6.07, 6.45) is 4.71. The summed E-state index contributed by atoms with van der Waals surface area (Å²) in [5.41, 5.74) is 35.2. The molecule has 4 heterocycles. The lowest BCUT2D eigenvalue weighted by molar-refractivity contribution is 0.332. The van der Waals surface area contributed by atoms with Gasteiger partial charge in [0.05, 0.1) is 27.8 Å². The lowest BCUT2D eigenvalue weighted by Gasteiger charge is -2.44. The maximum Gasteiger partial charge on any atom is 0.252 e. The van der Waals surface area contributed by atoms with Gasteiger partial charge in [0.2, 0.25) is 0 Å². The van der Waals surface area contributed by atoms with Crippen molar-refractivity contribution in [3.8, 4) is 44.8 Å². The average Bonchev–Trinajstić information content (AvgIpc) is 1.25. The summed E-state index contributed by atoms with van der Waals surface area (Å²) in [6, 6.07) is 95.7. The van der Waals surface area contributed by atoms with E-state index in [1.807, 2.05) is 0 Å². The summed E-state index contributed by atoms with van der Waals surface area (Å²) in [7, 11) is 0. The van der Waals surface area contributed by atoms with Crippen LogP contribution in [0, 0.1) is 0 Å². The lowest BCUT2D eigenvalue weighted by Crippen LogP contribution is -2.61. The van der Waals surface area contributed by atoms with Crippen LogP contribution in [0.4, 0.5) is 34.1 Å². The highest BCUT2D eigenvalue weighted by Crippen LogP contribution is 2.52. The molecule has 0 unspecified atom stereocenters. The maximum absolute atomic E-state index is 2.65. The summed E-state index contributed by atoms with van der Waals surface area (Å²) >= 11 is 0. The van der Waals surface area contributed by atoms with Gasteiger partial charge in [-0.3, -0.25) is 0 Å². The fourth-order valence-corrected chi connectivity index (χ4v) is 18.7. The maximum atomic E-state index is 2.65. The van der Waals surface area contributed by atoms with Crippen LogP contribution in [0.2, 0.25) is 0 Å². The van der Waals surface area contributed by atoms with Gasteiger partial charge in [0, 0.05) is 61.4 Å². The smallest absolute Gasteiger partial charge is 0.252 e. The number of nitrogens with zero attached hydrogens (tertiary/aromatic N) is 4. The molecule has 0 fully saturated rings. The van der Waals surface area contributed by atoms with Crippen LogP contribution in [-0.4, -0.2) is 15.8 Å². The Hall–Kier alpha value is -10.1. The van der Waals surface area contributed by atoms with Crippen LogP contribution in [0.3, 0.4) is 0 Å². The van der Waals surface area contributed by atoms with Crippen molar-refractivity contribution in [2.24, 2.45) is 0 Å². The molecule has 0 atom stereocenters. The predicted molar refractivity (Wildman–Crippen MR) is 452 cm³/mol. The van der Waals surface area contributed by atoms with E-state index in [4.69, 9.17) is 0 Å². The van der Waals surface area contributed by atoms with Crippen molar-refractivity contribution in [1.82, 2.24) is 9.13 Å². The SMILES string of the molecule is CC(C)(C)c1cccc(-c2ccc3c(c2)B2c4ccc(-n5c6ccccc6c6ccccc65)cc4N(c4ccc(-c5ccc6c(c5)C(C)(C)CCC6(C)C)cc4)c4cc(-n5c6ccc(C(C)(C)C)cc6c6cc(C(C)(C)C)ccc65)cc(c42)N3c2ccc(-c3ccc4c(c3)C(C)(C)CCC4(C)C)cc2)c1. The molecule has 0 saturated carbocycles. The van der Waals surface area contributed by atoms with E-state index in [-0.39, 0.29) is 44.6 Å². The van der Waals surface area contributed by atoms with Crippen molar-refractivity contribution < 1.29 is 0 Å². The minimum atomic E-state index is -0.175. The minimum Gasteiger partial charge on any atom is -0.311 e. The summed E-state index contributed by atoms with van der Waals surface area (Å²) in [6.45, 7) is 40.4. The van der Waals surface area contributed by atoms with Crippen molar-refractivity contribution in [1.29, 1.82) is 0 Å². The summed E-state index contributed by atoms with van der Waals surface area (Å²) in [5, 5.41) is 5.03. The molecule has 14 aromatic rings. The summed E-state index contributed by atoms with van der Waals surface area (Å²) < 4.78 is 5.10. The molecule has 522 valence electrons. The van der Waals surface area contributed by atoms with E-state index >= 15 is 0 Å². The number of fused-ring (bicyclic) bond motifs is 12. The van der Waals surface area contributed by atoms with Gasteiger partial charge in [-0.05, 0) is 243 Å². The molecule has 0 radical (unpaired) electrons. The van der Waals surface area contributed by atoms with E-state index < -0.39 is 0 Å². The molecule has 2 aliphatic heterocycles. The zero-order valence-corrected chi connectivity index (χ0v) is 64.8. The van der Waals surface area contributed by atoms with Crippen LogP contribution in [0.25, 0.3) is 88.4 Å². The van der Waals surface area contributed by atoms with Crippen LogP contribution < -0.4 is 26.2 Å². The first-order chi connectivity index (χ1) is 49.9. The van der Waals surface area contributed by atoms with Gasteiger partial charge in [0.1, 0.15) is 0 Å². The van der Waals surface area contributed by atoms with Crippen LogP contribution >= 0.6 is 0 Å². The van der Waals surface area contributed by atoms with E-state index in [0.29, 0.717) is 0 Å². The molecule has 0 N–H and O–H groups in total. The largest absolute Gasteiger partial charge is 0.311 e. The first-order valence-corrected chi connectivity index (χ1v) is 38.7. The van der Waals surface area contributed by atoms with Gasteiger partial charge in [-0.1, -0.05) is 269 Å². The van der Waals surface area contributed by atoms with Gasteiger partial charge in [-0.15, -0.1) is 0 Å². The third kappa shape index (κ3) is 10.7. The van der Waals surface area contributed by atoms with Crippen LogP contribution in [-0.2, 0) is 37.9 Å². The molecule has 5 heteroatoms. The van der Waals surface area contributed by atoms with Gasteiger partial charge in [0.25, 0.3) is 6.71 Å². The molecule has 0 bridgehead atoms. The number of hydrogen-bond donors (Lipinski definition) is 0. The summed E-state index contributed by atoms with van der Waals surface area (Å²) in [5.74, 6) is 0. The van der Waals surface area contributed by atoms with Gasteiger partial charge in [0.15, 0.2) is 0 Å². The predicted octanol–water partition coefficient (Wildman–Crippen LogP) is 25.6. The Bertz CT molecular complexity index is 5800. The number of benzene rings is 12. The number of anilines is 6. The standard InChI is InChI=1S/C100H99BN4/c1-94(2,3)68-24-22-23-64(53-68)67-35-46-89-84(56-67)101-83-45-42-73(104-85-27-20-18-25-75(85)76-26-19-21-28-86(76)104)59-90(83)103(72-40-31-63(32-41-72)66-34-44-80-82(55-66)100(16,17)52-50-98(80,12)13)92-61-74(105-87-47-36-69(95(4,5)6)57-77(87)78-58-70(96(7,8)9)37-48-88(78)105)60-91(93(92)101)102(89)71-38-29-62(30-39-71)65-33-43-79-81(54-65)99(14,15)51-49-97(79,10)11/h18-48,53-61H,49-52H2,1-17H3. The Labute approximate surface area is 623 Å². The number of hydrogen-bond acceptors (Lipinski definition) is 2. The van der Waals surface area contributed by atoms with Crippen molar-refractivity contribution >= 4 is 101 Å². The molecule has 0 saturated heterocycles. The zero-order valence-electron chi connectivity index (χ0n) is 64.8. The second-order valence-corrected chi connectivity index (χ2v) is 37.2. The molecule has 2 aromatic heterocycles. The Balaban J connectivity index is 0.936. The molecule has 0 spiro atoms. The molecule has 18 rings (SSSR count). The van der Waals surface area contributed by atoms with Crippen molar-refractivity contribution in [2.75, 3.05) is 9.80 Å². The van der Waals surface area contributed by atoms with Gasteiger partial charge in [-0.2, -0.15) is 0 Å². The highest BCUT2D eigenvalue weighted by atomic mass is 15.2. The van der Waals surface area contributed by atoms with E-state index in [1.165, 1.54) is 169 Å². The zero-order chi connectivity index (χ0) is 73.0. The van der Waals surface area contributed by atoms with Crippen LogP contribution in [0.5, 0.6) is 0 Å². The fourth-order valence-electron chi connectivity index (χ4n) is 18.7. The molecule has 2 aliphatic carbocycles.